The number of aromatic nitrogens is 1. The number of hydrogen-bond acceptors (Lipinski definition) is 2. The Kier molecular flexibility index (Phi) is 4.57. The van der Waals surface area contributed by atoms with Crippen molar-refractivity contribution in [2.45, 2.75) is 13.8 Å². The van der Waals surface area contributed by atoms with Gasteiger partial charge in [0.1, 0.15) is 0 Å². The first kappa shape index (κ1) is 16.1. The Labute approximate surface area is 134 Å². The Morgan fingerprint density at radius 1 is 1.32 bits per heavy atom. The van der Waals surface area contributed by atoms with Crippen LogP contribution in [-0.2, 0) is 7.05 Å². The first-order valence-corrected chi connectivity index (χ1v) is 7.32. The number of benzene rings is 1. The van der Waals surface area contributed by atoms with Gasteiger partial charge in [-0.2, -0.15) is 0 Å². The van der Waals surface area contributed by atoms with E-state index in [4.69, 9.17) is 17.3 Å². The van der Waals surface area contributed by atoms with E-state index >= 15 is 0 Å². The molecule has 4 heteroatoms. The first-order chi connectivity index (χ1) is 10.3. The standard InChI is InChI=1S/C18H19ClN2O/c1-5-13-9-16(15-10-14(20)7-6-11(15)2)18(22)21(4)17(13)8-12(3)19/h5-10H,3,20H2,1-2,4H3/b13-5-,17-8+. The van der Waals surface area contributed by atoms with Gasteiger partial charge in [0.15, 0.2) is 0 Å². The van der Waals surface area contributed by atoms with Crippen molar-refractivity contribution < 1.29 is 0 Å². The Morgan fingerprint density at radius 2 is 2.00 bits per heavy atom. The van der Waals surface area contributed by atoms with Crippen LogP contribution in [0.2, 0.25) is 0 Å². The van der Waals surface area contributed by atoms with E-state index in [0.717, 1.165) is 21.7 Å². The average Bonchev–Trinajstić information content (AvgIpc) is 2.47. The summed E-state index contributed by atoms with van der Waals surface area (Å²) < 4.78 is 1.58. The molecule has 0 aliphatic rings. The number of nitrogens with zero attached hydrogens (tertiary/aromatic N) is 1. The van der Waals surface area contributed by atoms with E-state index in [2.05, 4.69) is 6.58 Å². The summed E-state index contributed by atoms with van der Waals surface area (Å²) in [7, 11) is 1.73. The molecule has 0 unspecified atom stereocenters. The van der Waals surface area contributed by atoms with Crippen molar-refractivity contribution in [3.8, 4) is 11.1 Å². The van der Waals surface area contributed by atoms with Crippen LogP contribution in [-0.4, -0.2) is 4.57 Å². The molecular weight excluding hydrogens is 296 g/mol. The molecule has 0 aliphatic heterocycles. The van der Waals surface area contributed by atoms with Gasteiger partial charge < -0.3 is 10.3 Å². The van der Waals surface area contributed by atoms with Gasteiger partial charge in [0.2, 0.25) is 0 Å². The molecule has 0 aliphatic carbocycles. The number of pyridine rings is 1. The van der Waals surface area contributed by atoms with Crippen molar-refractivity contribution >= 4 is 29.4 Å². The molecule has 0 atom stereocenters. The fourth-order valence-corrected chi connectivity index (χ4v) is 2.56. The molecule has 114 valence electrons. The van der Waals surface area contributed by atoms with Crippen molar-refractivity contribution in [3.05, 3.63) is 62.4 Å². The molecule has 0 fully saturated rings. The number of hydrogen-bond donors (Lipinski definition) is 1. The highest BCUT2D eigenvalue weighted by atomic mass is 35.5. The fourth-order valence-electron chi connectivity index (χ4n) is 2.46. The van der Waals surface area contributed by atoms with Crippen LogP contribution in [0.5, 0.6) is 0 Å². The second-order valence-electron chi connectivity index (χ2n) is 5.22. The highest BCUT2D eigenvalue weighted by Crippen LogP contribution is 2.21. The molecular formula is C18H19ClN2O. The van der Waals surface area contributed by atoms with E-state index < -0.39 is 0 Å². The fraction of sp³-hybridized carbons (Fsp3) is 0.167. The van der Waals surface area contributed by atoms with Crippen LogP contribution in [0.3, 0.4) is 0 Å². The number of allylic oxidation sites excluding steroid dienone is 1. The topological polar surface area (TPSA) is 48.0 Å². The molecule has 3 nitrogen and oxygen atoms in total. The van der Waals surface area contributed by atoms with Crippen molar-refractivity contribution in [2.75, 3.05) is 5.73 Å². The molecule has 1 aromatic heterocycles. The van der Waals surface area contributed by atoms with Gasteiger partial charge in [-0.05, 0) is 54.5 Å². The summed E-state index contributed by atoms with van der Waals surface area (Å²) in [6, 6.07) is 7.45. The third kappa shape index (κ3) is 3.00. The lowest BCUT2D eigenvalue weighted by Crippen LogP contribution is -2.42. The van der Waals surface area contributed by atoms with Gasteiger partial charge >= 0.3 is 0 Å². The maximum Gasteiger partial charge on any atom is 0.258 e. The molecule has 0 saturated heterocycles. The van der Waals surface area contributed by atoms with E-state index in [1.807, 2.05) is 44.2 Å². The molecule has 0 saturated carbocycles. The van der Waals surface area contributed by atoms with Gasteiger partial charge in [0.05, 0.1) is 5.35 Å². The van der Waals surface area contributed by atoms with Crippen LogP contribution >= 0.6 is 11.6 Å². The number of rotatable bonds is 2. The summed E-state index contributed by atoms with van der Waals surface area (Å²) >= 11 is 5.87. The molecule has 2 rings (SSSR count). The lowest BCUT2D eigenvalue weighted by molar-refractivity contribution is 0.820. The van der Waals surface area contributed by atoms with Crippen LogP contribution in [0, 0.1) is 6.92 Å². The maximum absolute atomic E-state index is 12.7. The molecule has 22 heavy (non-hydrogen) atoms. The van der Waals surface area contributed by atoms with E-state index in [-0.39, 0.29) is 5.56 Å². The second kappa shape index (κ2) is 6.24. The largest absolute Gasteiger partial charge is 0.399 e. The van der Waals surface area contributed by atoms with Crippen molar-refractivity contribution in [1.29, 1.82) is 0 Å². The van der Waals surface area contributed by atoms with Gasteiger partial charge in [-0.15, -0.1) is 0 Å². The van der Waals surface area contributed by atoms with E-state index in [1.54, 1.807) is 17.7 Å². The molecule has 1 heterocycles. The third-order valence-electron chi connectivity index (χ3n) is 3.65. The number of halogens is 1. The quantitative estimate of drug-likeness (QED) is 0.865. The highest BCUT2D eigenvalue weighted by molar-refractivity contribution is 6.33. The molecule has 0 spiro atoms. The zero-order valence-corrected chi connectivity index (χ0v) is 13.7. The van der Waals surface area contributed by atoms with Crippen LogP contribution in [0.15, 0.2) is 40.7 Å². The summed E-state index contributed by atoms with van der Waals surface area (Å²) in [5.41, 5.74) is 8.88. The molecule has 2 N–H and O–H groups in total. The molecule has 0 radical (unpaired) electrons. The van der Waals surface area contributed by atoms with E-state index in [9.17, 15) is 4.79 Å². The second-order valence-corrected chi connectivity index (χ2v) is 5.70. The predicted octanol–water partition coefficient (Wildman–Crippen LogP) is 2.28. The van der Waals surface area contributed by atoms with Crippen LogP contribution in [0.25, 0.3) is 23.3 Å². The summed E-state index contributed by atoms with van der Waals surface area (Å²) in [5.74, 6) is 0. The van der Waals surface area contributed by atoms with Gasteiger partial charge in [0.25, 0.3) is 5.56 Å². The van der Waals surface area contributed by atoms with Crippen LogP contribution < -0.4 is 21.9 Å². The highest BCUT2D eigenvalue weighted by Gasteiger charge is 2.10. The Bertz CT molecular complexity index is 923. The number of aryl methyl sites for hydroxylation is 1. The average molecular weight is 315 g/mol. The minimum absolute atomic E-state index is 0.0940. The molecule has 0 bridgehead atoms. The smallest absolute Gasteiger partial charge is 0.258 e. The lowest BCUT2D eigenvalue weighted by Gasteiger charge is -2.10. The summed E-state index contributed by atoms with van der Waals surface area (Å²) in [5, 5.41) is 2.03. The van der Waals surface area contributed by atoms with Crippen molar-refractivity contribution in [3.63, 3.8) is 0 Å². The Balaban J connectivity index is 2.93. The third-order valence-corrected chi connectivity index (χ3v) is 3.76. The SMILES string of the molecule is C=C(Cl)/C=c1\c(=C/C)cc(-c2cc(N)ccc2C)c(=O)n1C. The van der Waals surface area contributed by atoms with Gasteiger partial charge in [0, 0.05) is 23.3 Å². The first-order valence-electron chi connectivity index (χ1n) is 6.94. The van der Waals surface area contributed by atoms with Gasteiger partial charge in [-0.3, -0.25) is 4.79 Å². The lowest BCUT2D eigenvalue weighted by atomic mass is 10.0. The number of anilines is 1. The monoisotopic (exact) mass is 314 g/mol. The normalized spacial score (nSPS) is 12.7. The zero-order chi connectivity index (χ0) is 16.4. The molecule has 0 amide bonds. The Hall–Kier alpha value is -2.26. The van der Waals surface area contributed by atoms with Crippen LogP contribution in [0.4, 0.5) is 5.69 Å². The minimum atomic E-state index is -0.0940. The summed E-state index contributed by atoms with van der Waals surface area (Å²) in [4.78, 5) is 12.7. The Morgan fingerprint density at radius 3 is 2.59 bits per heavy atom. The maximum atomic E-state index is 12.7. The van der Waals surface area contributed by atoms with E-state index in [0.29, 0.717) is 16.3 Å². The van der Waals surface area contributed by atoms with Gasteiger partial charge in [-0.1, -0.05) is 30.3 Å². The van der Waals surface area contributed by atoms with E-state index in [1.165, 1.54) is 0 Å². The zero-order valence-electron chi connectivity index (χ0n) is 13.0. The molecule has 1 aromatic carbocycles. The van der Waals surface area contributed by atoms with Crippen LogP contribution in [0.1, 0.15) is 12.5 Å². The van der Waals surface area contributed by atoms with Crippen molar-refractivity contribution in [1.82, 2.24) is 4.57 Å². The molecule has 2 aromatic rings. The predicted molar refractivity (Wildman–Crippen MR) is 95.1 cm³/mol. The van der Waals surface area contributed by atoms with Crippen molar-refractivity contribution in [2.24, 2.45) is 7.05 Å². The number of nitrogen functional groups attached to an aromatic ring is 1. The number of nitrogens with two attached hydrogens (primary N) is 1. The summed E-state index contributed by atoms with van der Waals surface area (Å²) in [6.07, 6.45) is 3.63. The van der Waals surface area contributed by atoms with Gasteiger partial charge in [-0.25, -0.2) is 0 Å². The summed E-state index contributed by atoms with van der Waals surface area (Å²) in [6.45, 7) is 7.55. The minimum Gasteiger partial charge on any atom is -0.399 e.